The Balaban J connectivity index is 1.69. The molecule has 1 saturated heterocycles. The van der Waals surface area contributed by atoms with E-state index in [2.05, 4.69) is 14.9 Å². The number of hydrogen-bond acceptors (Lipinski definition) is 6. The van der Waals surface area contributed by atoms with Crippen LogP contribution in [0.4, 0.5) is 0 Å². The largest absolute Gasteiger partial charge is 0.488 e. The van der Waals surface area contributed by atoms with Crippen LogP contribution < -0.4 is 4.74 Å². The van der Waals surface area contributed by atoms with Gasteiger partial charge >= 0.3 is 5.97 Å². The van der Waals surface area contributed by atoms with E-state index in [1.54, 1.807) is 18.2 Å². The van der Waals surface area contributed by atoms with Gasteiger partial charge in [-0.2, -0.15) is 0 Å². The molecule has 0 spiro atoms. The van der Waals surface area contributed by atoms with Crippen molar-refractivity contribution in [1.82, 2.24) is 14.9 Å². The lowest BCUT2D eigenvalue weighted by molar-refractivity contribution is 0.0219. The Kier molecular flexibility index (Phi) is 6.03. The number of hydrogen-bond donors (Lipinski definition) is 1. The first kappa shape index (κ1) is 18.6. The third-order valence-corrected chi connectivity index (χ3v) is 4.31. The Morgan fingerprint density at radius 2 is 2.15 bits per heavy atom. The Morgan fingerprint density at radius 3 is 2.85 bits per heavy atom. The summed E-state index contributed by atoms with van der Waals surface area (Å²) in [5.41, 5.74) is 0.567. The fraction of sp³-hybridized carbons (Fsp3) is 0.389. The first-order chi connectivity index (χ1) is 12.5. The molecule has 0 amide bonds. The number of ether oxygens (including phenoxy) is 2. The molecular weight excluding hydrogens is 358 g/mol. The number of halogens is 1. The Morgan fingerprint density at radius 1 is 1.38 bits per heavy atom. The average Bonchev–Trinajstić information content (AvgIpc) is 2.64. The second kappa shape index (κ2) is 8.44. The smallest absolute Gasteiger partial charge is 0.354 e. The van der Waals surface area contributed by atoms with Gasteiger partial charge in [0.1, 0.15) is 11.9 Å². The molecule has 0 radical (unpaired) electrons. The summed E-state index contributed by atoms with van der Waals surface area (Å²) in [6, 6.07) is 6.55. The molecule has 2 aromatic rings. The van der Waals surface area contributed by atoms with Crippen LogP contribution in [0, 0.1) is 0 Å². The standard InChI is InChI=1S/C18H20ClN3O4/c1-12(11-22-6-8-25-9-7-22)26-16-3-2-13(10-14(16)19)17-20-5-4-15(21-17)18(23)24/h2-5,10,12H,6-9,11H2,1H3,(H,23,24). The molecule has 1 aromatic heterocycles. The van der Waals surface area contributed by atoms with Gasteiger partial charge in [-0.25, -0.2) is 14.8 Å². The highest BCUT2D eigenvalue weighted by Gasteiger charge is 2.16. The summed E-state index contributed by atoms with van der Waals surface area (Å²) in [6.07, 6.45) is 1.39. The van der Waals surface area contributed by atoms with Crippen LogP contribution in [-0.4, -0.2) is 64.9 Å². The van der Waals surface area contributed by atoms with Gasteiger partial charge < -0.3 is 14.6 Å². The van der Waals surface area contributed by atoms with Crippen molar-refractivity contribution in [1.29, 1.82) is 0 Å². The SMILES string of the molecule is CC(CN1CCOCC1)Oc1ccc(-c2nccc(C(=O)O)n2)cc1Cl. The van der Waals surface area contributed by atoms with Crippen LogP contribution in [-0.2, 0) is 4.74 Å². The van der Waals surface area contributed by atoms with E-state index in [0.717, 1.165) is 32.8 Å². The number of carbonyl (C=O) groups is 1. The van der Waals surface area contributed by atoms with Crippen molar-refractivity contribution in [3.63, 3.8) is 0 Å². The van der Waals surface area contributed by atoms with Crippen LogP contribution in [0.15, 0.2) is 30.5 Å². The van der Waals surface area contributed by atoms with Gasteiger partial charge in [-0.1, -0.05) is 11.6 Å². The molecule has 0 saturated carbocycles. The summed E-state index contributed by atoms with van der Waals surface area (Å²) in [4.78, 5) is 21.5. The number of rotatable bonds is 6. The first-order valence-electron chi connectivity index (χ1n) is 8.36. The van der Waals surface area contributed by atoms with Gasteiger partial charge in [0, 0.05) is 31.4 Å². The molecular formula is C18H20ClN3O4. The minimum Gasteiger partial charge on any atom is -0.488 e. The normalized spacial score (nSPS) is 16.2. The van der Waals surface area contributed by atoms with Crippen LogP contribution in [0.1, 0.15) is 17.4 Å². The van der Waals surface area contributed by atoms with Crippen molar-refractivity contribution in [2.75, 3.05) is 32.8 Å². The fourth-order valence-electron chi connectivity index (χ4n) is 2.75. The van der Waals surface area contributed by atoms with Crippen LogP contribution in [0.2, 0.25) is 5.02 Å². The summed E-state index contributed by atoms with van der Waals surface area (Å²) >= 11 is 6.34. The van der Waals surface area contributed by atoms with Crippen LogP contribution >= 0.6 is 11.6 Å². The number of morpholine rings is 1. The molecule has 7 nitrogen and oxygen atoms in total. The van der Waals surface area contributed by atoms with E-state index in [-0.39, 0.29) is 11.8 Å². The highest BCUT2D eigenvalue weighted by Crippen LogP contribution is 2.30. The molecule has 3 rings (SSSR count). The summed E-state index contributed by atoms with van der Waals surface area (Å²) in [7, 11) is 0. The Labute approximate surface area is 156 Å². The monoisotopic (exact) mass is 377 g/mol. The molecule has 0 aliphatic carbocycles. The van der Waals surface area contributed by atoms with Crippen molar-refractivity contribution in [3.05, 3.63) is 41.2 Å². The molecule has 1 N–H and O–H groups in total. The molecule has 26 heavy (non-hydrogen) atoms. The summed E-state index contributed by atoms with van der Waals surface area (Å²) in [5.74, 6) is -0.220. The predicted octanol–water partition coefficient (Wildman–Crippen LogP) is 2.59. The molecule has 1 aliphatic heterocycles. The lowest BCUT2D eigenvalue weighted by Crippen LogP contribution is -2.41. The highest BCUT2D eigenvalue weighted by atomic mass is 35.5. The lowest BCUT2D eigenvalue weighted by Gasteiger charge is -2.29. The molecule has 1 fully saturated rings. The van der Waals surface area contributed by atoms with Gasteiger partial charge in [0.25, 0.3) is 0 Å². The number of aromatic nitrogens is 2. The molecule has 1 atom stereocenters. The third-order valence-electron chi connectivity index (χ3n) is 4.01. The molecule has 2 heterocycles. The quantitative estimate of drug-likeness (QED) is 0.828. The van der Waals surface area contributed by atoms with Gasteiger partial charge in [-0.15, -0.1) is 0 Å². The Hall–Kier alpha value is -2.22. The van der Waals surface area contributed by atoms with E-state index in [9.17, 15) is 4.79 Å². The van der Waals surface area contributed by atoms with Crippen LogP contribution in [0.25, 0.3) is 11.4 Å². The minimum atomic E-state index is -1.10. The number of aromatic carboxylic acids is 1. The van der Waals surface area contributed by atoms with Crippen molar-refractivity contribution < 1.29 is 19.4 Å². The molecule has 138 valence electrons. The highest BCUT2D eigenvalue weighted by molar-refractivity contribution is 6.32. The number of carboxylic acids is 1. The minimum absolute atomic E-state index is 0.0250. The predicted molar refractivity (Wildman–Crippen MR) is 96.8 cm³/mol. The summed E-state index contributed by atoms with van der Waals surface area (Å²) in [6.45, 7) is 6.09. The van der Waals surface area contributed by atoms with E-state index in [4.69, 9.17) is 26.2 Å². The molecule has 1 unspecified atom stereocenters. The number of nitrogens with zero attached hydrogens (tertiary/aromatic N) is 3. The second-order valence-corrected chi connectivity index (χ2v) is 6.46. The summed E-state index contributed by atoms with van der Waals surface area (Å²) < 4.78 is 11.3. The van der Waals surface area contributed by atoms with Gasteiger partial charge in [-0.3, -0.25) is 4.90 Å². The topological polar surface area (TPSA) is 84.8 Å². The molecule has 0 bridgehead atoms. The Bertz CT molecular complexity index is 781. The second-order valence-electron chi connectivity index (χ2n) is 6.06. The first-order valence-corrected chi connectivity index (χ1v) is 8.74. The number of carboxylic acid groups (broad SMARTS) is 1. The van der Waals surface area contributed by atoms with E-state index < -0.39 is 5.97 Å². The van der Waals surface area contributed by atoms with Crippen LogP contribution in [0.3, 0.4) is 0 Å². The maximum absolute atomic E-state index is 11.0. The summed E-state index contributed by atoms with van der Waals surface area (Å²) in [5, 5.41) is 9.47. The third kappa shape index (κ3) is 4.69. The molecule has 8 heteroatoms. The van der Waals surface area contributed by atoms with Gasteiger partial charge in [0.05, 0.1) is 18.2 Å². The van der Waals surface area contributed by atoms with Crippen molar-refractivity contribution in [3.8, 4) is 17.1 Å². The zero-order valence-electron chi connectivity index (χ0n) is 14.4. The zero-order chi connectivity index (χ0) is 18.5. The van der Waals surface area contributed by atoms with Crippen molar-refractivity contribution in [2.24, 2.45) is 0 Å². The number of benzene rings is 1. The molecule has 1 aliphatic rings. The zero-order valence-corrected chi connectivity index (χ0v) is 15.1. The van der Waals surface area contributed by atoms with Gasteiger partial charge in [0.15, 0.2) is 11.5 Å². The van der Waals surface area contributed by atoms with Crippen molar-refractivity contribution in [2.45, 2.75) is 13.0 Å². The average molecular weight is 378 g/mol. The van der Waals surface area contributed by atoms with Gasteiger partial charge in [-0.05, 0) is 31.2 Å². The molecule has 1 aromatic carbocycles. The fourth-order valence-corrected chi connectivity index (χ4v) is 2.98. The van der Waals surface area contributed by atoms with Crippen LogP contribution in [0.5, 0.6) is 5.75 Å². The van der Waals surface area contributed by atoms with E-state index >= 15 is 0 Å². The van der Waals surface area contributed by atoms with E-state index in [1.165, 1.54) is 12.3 Å². The van der Waals surface area contributed by atoms with E-state index in [1.807, 2.05) is 6.92 Å². The maximum atomic E-state index is 11.0. The lowest BCUT2D eigenvalue weighted by atomic mass is 10.2. The van der Waals surface area contributed by atoms with Crippen molar-refractivity contribution >= 4 is 17.6 Å². The maximum Gasteiger partial charge on any atom is 0.354 e. The van der Waals surface area contributed by atoms with Gasteiger partial charge in [0.2, 0.25) is 0 Å². The van der Waals surface area contributed by atoms with E-state index in [0.29, 0.717) is 22.2 Å².